The standard InChI is InChI=1S/C27H34FN3O6/c1-6-19(26(33)34)37-20-10-9-15(11-17(20)27(4,5)30)18(32)14-31-13-16-12-21(35-7-2)24(36-8-3)23(28)22(16)25(31)29/h9-12,19,29H,6-8,13-14,30H2,1-5H3,(H,33,34). The van der Waals surface area contributed by atoms with E-state index in [4.69, 9.17) is 25.4 Å². The monoisotopic (exact) mass is 515 g/mol. The maximum Gasteiger partial charge on any atom is 0.344 e. The van der Waals surface area contributed by atoms with E-state index < -0.39 is 23.4 Å². The number of carboxylic acids is 1. The molecular formula is C27H34FN3O6. The molecule has 0 bridgehead atoms. The van der Waals surface area contributed by atoms with Gasteiger partial charge in [0, 0.05) is 23.2 Å². The fraction of sp³-hybridized carbons (Fsp3) is 0.444. The van der Waals surface area contributed by atoms with E-state index in [1.807, 2.05) is 0 Å². The van der Waals surface area contributed by atoms with Gasteiger partial charge in [0.05, 0.1) is 25.3 Å². The molecular weight excluding hydrogens is 481 g/mol. The summed E-state index contributed by atoms with van der Waals surface area (Å²) in [7, 11) is 0. The Morgan fingerprint density at radius 3 is 2.41 bits per heavy atom. The zero-order valence-electron chi connectivity index (χ0n) is 21.8. The van der Waals surface area contributed by atoms with E-state index in [0.717, 1.165) is 0 Å². The first-order valence-corrected chi connectivity index (χ1v) is 12.2. The molecule has 0 radical (unpaired) electrons. The Morgan fingerprint density at radius 2 is 1.84 bits per heavy atom. The third-order valence-corrected chi connectivity index (χ3v) is 6.02. The van der Waals surface area contributed by atoms with Crippen LogP contribution in [0.5, 0.6) is 17.2 Å². The number of carbonyl (C=O) groups is 2. The largest absolute Gasteiger partial charge is 0.490 e. The summed E-state index contributed by atoms with van der Waals surface area (Å²) in [5, 5.41) is 17.9. The molecule has 200 valence electrons. The lowest BCUT2D eigenvalue weighted by Crippen LogP contribution is -2.33. The summed E-state index contributed by atoms with van der Waals surface area (Å²) in [5.41, 5.74) is 6.81. The number of rotatable bonds is 12. The Labute approximate surface area is 215 Å². The number of hydrogen-bond acceptors (Lipinski definition) is 7. The number of carboxylic acid groups (broad SMARTS) is 1. The molecule has 0 fully saturated rings. The van der Waals surface area contributed by atoms with Crippen molar-refractivity contribution in [2.24, 2.45) is 5.73 Å². The smallest absolute Gasteiger partial charge is 0.344 e. The van der Waals surface area contributed by atoms with Crippen molar-refractivity contribution in [3.8, 4) is 17.2 Å². The van der Waals surface area contributed by atoms with Crippen molar-refractivity contribution in [2.45, 2.75) is 59.2 Å². The Balaban J connectivity index is 1.88. The van der Waals surface area contributed by atoms with E-state index in [9.17, 15) is 14.7 Å². The molecule has 0 amide bonds. The van der Waals surface area contributed by atoms with Crippen molar-refractivity contribution in [2.75, 3.05) is 19.8 Å². The van der Waals surface area contributed by atoms with Crippen LogP contribution in [0, 0.1) is 11.2 Å². The number of fused-ring (bicyclic) bond motifs is 1. The minimum absolute atomic E-state index is 0.0434. The van der Waals surface area contributed by atoms with E-state index in [0.29, 0.717) is 23.3 Å². The molecule has 0 aromatic heterocycles. The number of halogens is 1. The highest BCUT2D eigenvalue weighted by atomic mass is 19.1. The summed E-state index contributed by atoms with van der Waals surface area (Å²) in [4.78, 5) is 26.2. The number of benzene rings is 2. The predicted molar refractivity (Wildman–Crippen MR) is 136 cm³/mol. The highest BCUT2D eigenvalue weighted by Gasteiger charge is 2.33. The van der Waals surface area contributed by atoms with Crippen LogP contribution in [0.1, 0.15) is 68.1 Å². The molecule has 1 atom stereocenters. The van der Waals surface area contributed by atoms with E-state index in [1.54, 1.807) is 46.8 Å². The molecule has 2 aromatic carbocycles. The molecule has 0 aliphatic carbocycles. The first kappa shape index (κ1) is 27.9. The van der Waals surface area contributed by atoms with Gasteiger partial charge in [-0.25, -0.2) is 9.18 Å². The summed E-state index contributed by atoms with van der Waals surface area (Å²) in [5.74, 6) is -1.69. The van der Waals surface area contributed by atoms with Crippen molar-refractivity contribution < 1.29 is 33.3 Å². The quantitative estimate of drug-likeness (QED) is 0.360. The molecule has 1 aliphatic rings. The molecule has 1 heterocycles. The Hall–Kier alpha value is -3.66. The SMILES string of the molecule is CCOc1cc2c(c(F)c1OCC)C(=N)N(CC(=O)c1ccc(OC(CC)C(=O)O)c(C(C)(C)N)c1)C2. The van der Waals surface area contributed by atoms with Gasteiger partial charge < -0.3 is 30.0 Å². The van der Waals surface area contributed by atoms with Gasteiger partial charge in [-0.05, 0) is 63.9 Å². The number of nitrogens with zero attached hydrogens (tertiary/aromatic N) is 1. The van der Waals surface area contributed by atoms with E-state index in [2.05, 4.69) is 0 Å². The maximum atomic E-state index is 15.3. The molecule has 1 unspecified atom stereocenters. The predicted octanol–water partition coefficient (Wildman–Crippen LogP) is 4.08. The van der Waals surface area contributed by atoms with Gasteiger partial charge in [0.1, 0.15) is 11.6 Å². The minimum atomic E-state index is -1.09. The lowest BCUT2D eigenvalue weighted by Gasteiger charge is -2.25. The van der Waals surface area contributed by atoms with Gasteiger partial charge in [-0.1, -0.05) is 6.92 Å². The van der Waals surface area contributed by atoms with Gasteiger partial charge in [0.2, 0.25) is 0 Å². The van der Waals surface area contributed by atoms with Crippen LogP contribution in [-0.4, -0.2) is 53.5 Å². The number of carbonyl (C=O) groups excluding carboxylic acids is 1. The summed E-state index contributed by atoms with van der Waals surface area (Å²) in [6.45, 7) is 9.22. The molecule has 10 heteroatoms. The molecule has 2 aromatic rings. The first-order valence-electron chi connectivity index (χ1n) is 12.2. The lowest BCUT2D eigenvalue weighted by atomic mass is 9.92. The van der Waals surface area contributed by atoms with Crippen LogP contribution < -0.4 is 19.9 Å². The number of amidine groups is 1. The number of Topliss-reactive ketones (excluding diaryl/α,β-unsaturated/α-hetero) is 1. The van der Waals surface area contributed by atoms with Crippen LogP contribution in [0.4, 0.5) is 4.39 Å². The third kappa shape index (κ3) is 5.85. The second-order valence-corrected chi connectivity index (χ2v) is 9.33. The van der Waals surface area contributed by atoms with Crippen molar-refractivity contribution in [1.82, 2.24) is 4.90 Å². The van der Waals surface area contributed by atoms with Gasteiger partial charge >= 0.3 is 5.97 Å². The number of ether oxygens (including phenoxy) is 3. The van der Waals surface area contributed by atoms with Crippen LogP contribution in [0.15, 0.2) is 24.3 Å². The van der Waals surface area contributed by atoms with Crippen molar-refractivity contribution in [1.29, 1.82) is 5.41 Å². The molecule has 1 aliphatic heterocycles. The van der Waals surface area contributed by atoms with Crippen molar-refractivity contribution in [3.63, 3.8) is 0 Å². The van der Waals surface area contributed by atoms with Gasteiger partial charge in [0.15, 0.2) is 29.2 Å². The lowest BCUT2D eigenvalue weighted by molar-refractivity contribution is -0.145. The third-order valence-electron chi connectivity index (χ3n) is 6.02. The molecule has 9 nitrogen and oxygen atoms in total. The molecule has 0 spiro atoms. The molecule has 4 N–H and O–H groups in total. The summed E-state index contributed by atoms with van der Waals surface area (Å²) in [6, 6.07) is 6.31. The summed E-state index contributed by atoms with van der Waals surface area (Å²) < 4.78 is 32.0. The normalized spacial score (nSPS) is 13.8. The number of nitrogens with one attached hydrogen (secondary N) is 1. The fourth-order valence-electron chi connectivity index (χ4n) is 4.19. The second-order valence-electron chi connectivity index (χ2n) is 9.33. The molecule has 3 rings (SSSR count). The van der Waals surface area contributed by atoms with Crippen LogP contribution >= 0.6 is 0 Å². The highest BCUT2D eigenvalue weighted by molar-refractivity contribution is 6.06. The van der Waals surface area contributed by atoms with E-state index in [-0.39, 0.29) is 60.5 Å². The van der Waals surface area contributed by atoms with Gasteiger partial charge in [-0.3, -0.25) is 10.2 Å². The number of hydrogen-bond donors (Lipinski definition) is 3. The van der Waals surface area contributed by atoms with Crippen LogP contribution in [0.2, 0.25) is 0 Å². The number of aliphatic carboxylic acids is 1. The van der Waals surface area contributed by atoms with E-state index >= 15 is 4.39 Å². The molecule has 0 saturated carbocycles. The zero-order chi connectivity index (χ0) is 27.5. The maximum absolute atomic E-state index is 15.3. The topological polar surface area (TPSA) is 135 Å². The average molecular weight is 516 g/mol. The van der Waals surface area contributed by atoms with Crippen LogP contribution in [-0.2, 0) is 16.9 Å². The Bertz CT molecular complexity index is 1210. The number of nitrogens with two attached hydrogens (primary N) is 1. The Morgan fingerprint density at radius 1 is 1.16 bits per heavy atom. The van der Waals surface area contributed by atoms with Crippen molar-refractivity contribution in [3.05, 3.63) is 52.3 Å². The fourth-order valence-corrected chi connectivity index (χ4v) is 4.19. The minimum Gasteiger partial charge on any atom is -0.490 e. The van der Waals surface area contributed by atoms with Crippen LogP contribution in [0.3, 0.4) is 0 Å². The van der Waals surface area contributed by atoms with Crippen molar-refractivity contribution >= 4 is 17.6 Å². The van der Waals surface area contributed by atoms with Gasteiger partial charge in [-0.2, -0.15) is 0 Å². The average Bonchev–Trinajstić information content (AvgIpc) is 3.14. The van der Waals surface area contributed by atoms with E-state index in [1.165, 1.54) is 17.0 Å². The second kappa shape index (κ2) is 11.2. The molecule has 37 heavy (non-hydrogen) atoms. The zero-order valence-corrected chi connectivity index (χ0v) is 21.8. The summed E-state index contributed by atoms with van der Waals surface area (Å²) >= 11 is 0. The summed E-state index contributed by atoms with van der Waals surface area (Å²) in [6.07, 6.45) is -0.797. The van der Waals surface area contributed by atoms with Crippen LogP contribution in [0.25, 0.3) is 0 Å². The Kier molecular flexibility index (Phi) is 8.42. The van der Waals surface area contributed by atoms with Gasteiger partial charge in [0.25, 0.3) is 0 Å². The first-order chi connectivity index (χ1) is 17.4. The molecule has 0 saturated heterocycles. The number of ketones is 1. The van der Waals surface area contributed by atoms with Gasteiger partial charge in [-0.15, -0.1) is 0 Å². The highest BCUT2D eigenvalue weighted by Crippen LogP contribution is 2.39.